The molecular weight excluding hydrogens is 373 g/mol. The molecule has 0 unspecified atom stereocenters. The molecule has 1 aromatic carbocycles. The molecule has 110 valence electrons. The molecule has 3 rings (SSSR count). The third-order valence-corrected chi connectivity index (χ3v) is 4.95. The van der Waals surface area contributed by atoms with E-state index < -0.39 is 0 Å². The second kappa shape index (κ2) is 6.73. The van der Waals surface area contributed by atoms with Gasteiger partial charge in [-0.05, 0) is 41.9 Å². The van der Waals surface area contributed by atoms with Crippen LogP contribution in [0, 0.1) is 3.57 Å². The van der Waals surface area contributed by atoms with Crippen LogP contribution >= 0.6 is 22.6 Å². The number of halogens is 1. The Kier molecular flexibility index (Phi) is 4.73. The van der Waals surface area contributed by atoms with Gasteiger partial charge in [0.1, 0.15) is 11.6 Å². The molecule has 1 N–H and O–H groups in total. The Labute approximate surface area is 139 Å². The van der Waals surface area contributed by atoms with Crippen LogP contribution in [0.3, 0.4) is 0 Å². The average Bonchev–Trinajstić information content (AvgIpc) is 2.46. The Morgan fingerprint density at radius 3 is 2.57 bits per heavy atom. The number of hydrogen-bond acceptors (Lipinski definition) is 3. The Bertz CT molecular complexity index is 609. The maximum Gasteiger partial charge on any atom is 0.143 e. The van der Waals surface area contributed by atoms with E-state index in [0.29, 0.717) is 5.92 Å². The molecule has 1 aromatic heterocycles. The van der Waals surface area contributed by atoms with Gasteiger partial charge >= 0.3 is 0 Å². The molecule has 1 heterocycles. The minimum absolute atomic E-state index is 0.548. The second-order valence-electron chi connectivity index (χ2n) is 5.51. The summed E-state index contributed by atoms with van der Waals surface area (Å²) in [6, 6.07) is 10.4. The maximum absolute atomic E-state index is 4.87. The van der Waals surface area contributed by atoms with Gasteiger partial charge in [0.15, 0.2) is 0 Å². The predicted molar refractivity (Wildman–Crippen MR) is 95.6 cm³/mol. The molecule has 0 saturated heterocycles. The third-order valence-electron chi connectivity index (χ3n) is 3.93. The first-order chi connectivity index (χ1) is 10.3. The summed E-state index contributed by atoms with van der Waals surface area (Å²) >= 11 is 2.37. The van der Waals surface area contributed by atoms with Gasteiger partial charge in [0.2, 0.25) is 0 Å². The second-order valence-corrected chi connectivity index (χ2v) is 6.59. The van der Waals surface area contributed by atoms with Gasteiger partial charge in [0.25, 0.3) is 0 Å². The molecule has 0 amide bonds. The molecule has 1 aliphatic rings. The van der Waals surface area contributed by atoms with Crippen LogP contribution in [0.4, 0.5) is 5.82 Å². The fourth-order valence-electron chi connectivity index (χ4n) is 2.46. The number of nitrogens with zero attached hydrogens (tertiary/aromatic N) is 2. The average molecular weight is 393 g/mol. The van der Waals surface area contributed by atoms with Gasteiger partial charge in [-0.3, -0.25) is 0 Å². The summed E-state index contributed by atoms with van der Waals surface area (Å²) < 4.78 is 1.12. The predicted octanol–water partition coefficient (Wildman–Crippen LogP) is 4.84. The van der Waals surface area contributed by atoms with Gasteiger partial charge in [0, 0.05) is 18.0 Å². The molecule has 0 bridgehead atoms. The van der Waals surface area contributed by atoms with Crippen LogP contribution in [0.15, 0.2) is 30.3 Å². The van der Waals surface area contributed by atoms with Crippen molar-refractivity contribution in [2.45, 2.75) is 38.5 Å². The normalized spacial score (nSPS) is 14.8. The van der Waals surface area contributed by atoms with Crippen LogP contribution in [-0.4, -0.2) is 16.5 Å². The number of anilines is 1. The molecule has 0 spiro atoms. The van der Waals surface area contributed by atoms with Crippen LogP contribution < -0.4 is 5.32 Å². The van der Waals surface area contributed by atoms with E-state index in [4.69, 9.17) is 9.97 Å². The summed E-state index contributed by atoms with van der Waals surface area (Å²) in [5.41, 5.74) is 2.23. The molecule has 0 atom stereocenters. The zero-order chi connectivity index (χ0) is 14.7. The van der Waals surface area contributed by atoms with Gasteiger partial charge in [-0.2, -0.15) is 0 Å². The summed E-state index contributed by atoms with van der Waals surface area (Å²) in [6.07, 6.45) is 4.85. The number of hydrogen-bond donors (Lipinski definition) is 1. The summed E-state index contributed by atoms with van der Waals surface area (Å²) in [5, 5.41) is 3.46. The number of rotatable bonds is 5. The highest BCUT2D eigenvalue weighted by molar-refractivity contribution is 14.1. The van der Waals surface area contributed by atoms with Gasteiger partial charge < -0.3 is 5.32 Å². The van der Waals surface area contributed by atoms with E-state index >= 15 is 0 Å². The topological polar surface area (TPSA) is 37.8 Å². The molecule has 1 fully saturated rings. The van der Waals surface area contributed by atoms with E-state index in [2.05, 4.69) is 59.1 Å². The Balaban J connectivity index is 2.04. The number of nitrogens with one attached hydrogen (secondary N) is 1. The van der Waals surface area contributed by atoms with E-state index in [1.165, 1.54) is 24.8 Å². The van der Waals surface area contributed by atoms with Gasteiger partial charge in [-0.15, -0.1) is 0 Å². The number of benzene rings is 1. The minimum Gasteiger partial charge on any atom is -0.369 e. The minimum atomic E-state index is 0.548. The monoisotopic (exact) mass is 393 g/mol. The fraction of sp³-hybridized carbons (Fsp3) is 0.412. The lowest BCUT2D eigenvalue weighted by Gasteiger charge is -2.25. The molecule has 0 aliphatic heterocycles. The van der Waals surface area contributed by atoms with Crippen LogP contribution in [0.25, 0.3) is 11.3 Å². The van der Waals surface area contributed by atoms with Crippen LogP contribution in [0.5, 0.6) is 0 Å². The molecule has 1 aliphatic carbocycles. The van der Waals surface area contributed by atoms with E-state index in [1.807, 2.05) is 6.07 Å². The van der Waals surface area contributed by atoms with Crippen molar-refractivity contribution >= 4 is 28.4 Å². The zero-order valence-corrected chi connectivity index (χ0v) is 14.4. The van der Waals surface area contributed by atoms with Crippen molar-refractivity contribution in [3.05, 3.63) is 39.7 Å². The van der Waals surface area contributed by atoms with Gasteiger partial charge in [-0.1, -0.05) is 43.7 Å². The number of aromatic nitrogens is 2. The van der Waals surface area contributed by atoms with Crippen LogP contribution in [0.1, 0.15) is 44.3 Å². The lowest BCUT2D eigenvalue weighted by atomic mass is 9.85. The van der Waals surface area contributed by atoms with Crippen molar-refractivity contribution in [2.75, 3.05) is 11.9 Å². The molecule has 4 heteroatoms. The van der Waals surface area contributed by atoms with Gasteiger partial charge in [0.05, 0.1) is 9.26 Å². The third kappa shape index (κ3) is 3.20. The van der Waals surface area contributed by atoms with E-state index in [0.717, 1.165) is 33.9 Å². The largest absolute Gasteiger partial charge is 0.369 e. The molecule has 0 radical (unpaired) electrons. The lowest BCUT2D eigenvalue weighted by Crippen LogP contribution is -2.16. The van der Waals surface area contributed by atoms with Crippen molar-refractivity contribution in [2.24, 2.45) is 0 Å². The summed E-state index contributed by atoms with van der Waals surface area (Å²) in [5.74, 6) is 2.55. The standard InChI is InChI=1S/C17H20IN3/c1-2-11-19-17-14(18)15(12-7-4-3-5-8-12)20-16(21-17)13-9-6-10-13/h3-5,7-8,13H,2,6,9-11H2,1H3,(H,19,20,21). The molecule has 2 aromatic rings. The SMILES string of the molecule is CCCNc1nc(C2CCC2)nc(-c2ccccc2)c1I. The van der Waals surface area contributed by atoms with Gasteiger partial charge in [-0.25, -0.2) is 9.97 Å². The maximum atomic E-state index is 4.87. The quantitative estimate of drug-likeness (QED) is 0.739. The van der Waals surface area contributed by atoms with E-state index in [1.54, 1.807) is 0 Å². The van der Waals surface area contributed by atoms with E-state index in [-0.39, 0.29) is 0 Å². The van der Waals surface area contributed by atoms with Crippen molar-refractivity contribution in [1.29, 1.82) is 0 Å². The molecule has 3 nitrogen and oxygen atoms in total. The summed E-state index contributed by atoms with van der Waals surface area (Å²) in [7, 11) is 0. The smallest absolute Gasteiger partial charge is 0.143 e. The van der Waals surface area contributed by atoms with E-state index in [9.17, 15) is 0 Å². The first kappa shape index (κ1) is 14.8. The van der Waals surface area contributed by atoms with Crippen molar-refractivity contribution in [3.63, 3.8) is 0 Å². The highest BCUT2D eigenvalue weighted by Crippen LogP contribution is 2.37. The first-order valence-corrected chi connectivity index (χ1v) is 8.74. The Morgan fingerprint density at radius 2 is 1.95 bits per heavy atom. The Hall–Kier alpha value is -1.17. The summed E-state index contributed by atoms with van der Waals surface area (Å²) in [4.78, 5) is 9.66. The highest BCUT2D eigenvalue weighted by atomic mass is 127. The lowest BCUT2D eigenvalue weighted by molar-refractivity contribution is 0.402. The zero-order valence-electron chi connectivity index (χ0n) is 12.3. The molecule has 1 saturated carbocycles. The fourth-order valence-corrected chi connectivity index (χ4v) is 3.20. The summed E-state index contributed by atoms with van der Waals surface area (Å²) in [6.45, 7) is 3.12. The highest BCUT2D eigenvalue weighted by Gasteiger charge is 2.25. The van der Waals surface area contributed by atoms with Crippen molar-refractivity contribution in [3.8, 4) is 11.3 Å². The van der Waals surface area contributed by atoms with Crippen molar-refractivity contribution < 1.29 is 0 Å². The van der Waals surface area contributed by atoms with Crippen LogP contribution in [-0.2, 0) is 0 Å². The van der Waals surface area contributed by atoms with Crippen LogP contribution in [0.2, 0.25) is 0 Å². The molecule has 21 heavy (non-hydrogen) atoms. The molecular formula is C17H20IN3. The van der Waals surface area contributed by atoms with Crippen molar-refractivity contribution in [1.82, 2.24) is 9.97 Å². The Morgan fingerprint density at radius 1 is 1.19 bits per heavy atom. The first-order valence-electron chi connectivity index (χ1n) is 7.66.